The number of pyridine rings is 1. The second kappa shape index (κ2) is 3.79. The Morgan fingerprint density at radius 1 is 1.35 bits per heavy atom. The quantitative estimate of drug-likeness (QED) is 0.626. The van der Waals surface area contributed by atoms with Crippen LogP contribution in [0.5, 0.6) is 0 Å². The van der Waals surface area contributed by atoms with Crippen LogP contribution in [0.15, 0.2) is 36.5 Å². The van der Waals surface area contributed by atoms with Gasteiger partial charge in [0.1, 0.15) is 0 Å². The van der Waals surface area contributed by atoms with Gasteiger partial charge < -0.3 is 0 Å². The molecular formula is C14H17N3. The Balaban J connectivity index is 2.04. The van der Waals surface area contributed by atoms with Crippen LogP contribution < -0.4 is 11.3 Å². The van der Waals surface area contributed by atoms with Gasteiger partial charge in [0.05, 0.1) is 11.6 Å². The summed E-state index contributed by atoms with van der Waals surface area (Å²) in [6.45, 7) is 2.28. The summed E-state index contributed by atoms with van der Waals surface area (Å²) in [6, 6.07) is 10.7. The molecule has 0 saturated heterocycles. The van der Waals surface area contributed by atoms with Crippen LogP contribution in [0, 0.1) is 5.41 Å². The lowest BCUT2D eigenvalue weighted by Crippen LogP contribution is -2.33. The number of nitrogens with two attached hydrogens (primary N) is 1. The third-order valence-corrected chi connectivity index (χ3v) is 3.87. The van der Waals surface area contributed by atoms with E-state index in [2.05, 4.69) is 41.6 Å². The molecule has 1 aliphatic carbocycles. The number of hydrazine groups is 1. The SMILES string of the molecule is CC1(C(NN)c2ccc3cccnc3c2)CC1. The van der Waals surface area contributed by atoms with Crippen LogP contribution >= 0.6 is 0 Å². The van der Waals surface area contributed by atoms with E-state index >= 15 is 0 Å². The molecule has 1 saturated carbocycles. The number of hydrogen-bond acceptors (Lipinski definition) is 3. The zero-order valence-electron chi connectivity index (χ0n) is 9.98. The average Bonchev–Trinajstić information content (AvgIpc) is 3.09. The Bertz CT molecular complexity index is 546. The third kappa shape index (κ3) is 1.81. The number of nitrogens with one attached hydrogen (secondary N) is 1. The second-order valence-electron chi connectivity index (χ2n) is 5.21. The molecule has 88 valence electrons. The van der Waals surface area contributed by atoms with Crippen LogP contribution in [0.4, 0.5) is 0 Å². The molecule has 0 spiro atoms. The van der Waals surface area contributed by atoms with Gasteiger partial charge in [-0.25, -0.2) is 0 Å². The lowest BCUT2D eigenvalue weighted by Gasteiger charge is -2.23. The van der Waals surface area contributed by atoms with Gasteiger partial charge in [-0.3, -0.25) is 16.3 Å². The molecule has 3 N–H and O–H groups in total. The first-order valence-corrected chi connectivity index (χ1v) is 6.04. The molecule has 3 nitrogen and oxygen atoms in total. The van der Waals surface area contributed by atoms with E-state index in [1.165, 1.54) is 23.8 Å². The van der Waals surface area contributed by atoms with Gasteiger partial charge in [0, 0.05) is 11.6 Å². The maximum Gasteiger partial charge on any atom is 0.0705 e. The van der Waals surface area contributed by atoms with Gasteiger partial charge in [-0.2, -0.15) is 0 Å². The van der Waals surface area contributed by atoms with Crippen molar-refractivity contribution >= 4 is 10.9 Å². The summed E-state index contributed by atoms with van der Waals surface area (Å²) in [5, 5.41) is 1.17. The average molecular weight is 227 g/mol. The fourth-order valence-corrected chi connectivity index (χ4v) is 2.45. The van der Waals surface area contributed by atoms with Crippen LogP contribution in [0.25, 0.3) is 10.9 Å². The van der Waals surface area contributed by atoms with Crippen LogP contribution in [0.1, 0.15) is 31.4 Å². The van der Waals surface area contributed by atoms with Crippen LogP contribution in [0.3, 0.4) is 0 Å². The van der Waals surface area contributed by atoms with Crippen molar-refractivity contribution in [3.8, 4) is 0 Å². The molecule has 2 aromatic rings. The fourth-order valence-electron chi connectivity index (χ4n) is 2.45. The number of fused-ring (bicyclic) bond motifs is 1. The topological polar surface area (TPSA) is 50.9 Å². The molecule has 3 rings (SSSR count). The highest BCUT2D eigenvalue weighted by molar-refractivity contribution is 5.79. The first-order valence-electron chi connectivity index (χ1n) is 6.04. The van der Waals surface area contributed by atoms with E-state index in [9.17, 15) is 0 Å². The van der Waals surface area contributed by atoms with Crippen molar-refractivity contribution in [2.45, 2.75) is 25.8 Å². The zero-order chi connectivity index (χ0) is 11.9. The van der Waals surface area contributed by atoms with E-state index in [1.54, 1.807) is 0 Å². The highest BCUT2D eigenvalue weighted by Gasteiger charge is 2.45. The Hall–Kier alpha value is -1.45. The first-order chi connectivity index (χ1) is 8.23. The fraction of sp³-hybridized carbons (Fsp3) is 0.357. The molecule has 1 heterocycles. The Morgan fingerprint density at radius 3 is 2.88 bits per heavy atom. The smallest absolute Gasteiger partial charge is 0.0705 e. The van der Waals surface area contributed by atoms with Crippen LogP contribution in [-0.2, 0) is 0 Å². The molecule has 1 fully saturated rings. The molecule has 0 radical (unpaired) electrons. The first kappa shape index (κ1) is 10.7. The largest absolute Gasteiger partial charge is 0.271 e. The van der Waals surface area contributed by atoms with Gasteiger partial charge in [-0.05, 0) is 36.0 Å². The number of aromatic nitrogens is 1. The lowest BCUT2D eigenvalue weighted by atomic mass is 9.92. The van der Waals surface area contributed by atoms with Crippen LogP contribution in [-0.4, -0.2) is 4.98 Å². The molecule has 3 heteroatoms. The molecule has 0 aliphatic heterocycles. The predicted octanol–water partition coefficient (Wildman–Crippen LogP) is 2.54. The number of hydrogen-bond donors (Lipinski definition) is 2. The number of rotatable bonds is 3. The van der Waals surface area contributed by atoms with Crippen molar-refractivity contribution in [1.29, 1.82) is 0 Å². The van der Waals surface area contributed by atoms with Crippen molar-refractivity contribution in [3.63, 3.8) is 0 Å². The van der Waals surface area contributed by atoms with Gasteiger partial charge in [0.2, 0.25) is 0 Å². The third-order valence-electron chi connectivity index (χ3n) is 3.87. The second-order valence-corrected chi connectivity index (χ2v) is 5.21. The minimum atomic E-state index is 0.230. The highest BCUT2D eigenvalue weighted by atomic mass is 15.2. The summed E-state index contributed by atoms with van der Waals surface area (Å²) in [4.78, 5) is 4.39. The van der Waals surface area contributed by atoms with Crippen LogP contribution in [0.2, 0.25) is 0 Å². The Labute approximate surface area is 101 Å². The van der Waals surface area contributed by atoms with E-state index < -0.39 is 0 Å². The van der Waals surface area contributed by atoms with Gasteiger partial charge in [0.15, 0.2) is 0 Å². The van der Waals surface area contributed by atoms with Crippen molar-refractivity contribution in [2.24, 2.45) is 11.3 Å². The summed E-state index contributed by atoms with van der Waals surface area (Å²) in [5.41, 5.74) is 5.55. The van der Waals surface area contributed by atoms with Crippen molar-refractivity contribution in [2.75, 3.05) is 0 Å². The predicted molar refractivity (Wildman–Crippen MR) is 69.1 cm³/mol. The van der Waals surface area contributed by atoms with Crippen molar-refractivity contribution in [1.82, 2.24) is 10.4 Å². The van der Waals surface area contributed by atoms with E-state index in [0.717, 1.165) is 5.52 Å². The summed E-state index contributed by atoms with van der Waals surface area (Å²) >= 11 is 0. The molecule has 1 atom stereocenters. The number of benzene rings is 1. The summed E-state index contributed by atoms with van der Waals surface area (Å²) in [5.74, 6) is 5.70. The summed E-state index contributed by atoms with van der Waals surface area (Å²) in [6.07, 6.45) is 4.31. The maximum atomic E-state index is 5.70. The summed E-state index contributed by atoms with van der Waals surface area (Å²) < 4.78 is 0. The molecule has 1 aliphatic rings. The van der Waals surface area contributed by atoms with E-state index in [4.69, 9.17) is 5.84 Å². The van der Waals surface area contributed by atoms with Gasteiger partial charge in [0.25, 0.3) is 0 Å². The van der Waals surface area contributed by atoms with Crippen molar-refractivity contribution in [3.05, 3.63) is 42.1 Å². The minimum Gasteiger partial charge on any atom is -0.271 e. The lowest BCUT2D eigenvalue weighted by molar-refractivity contribution is 0.372. The molecule has 0 bridgehead atoms. The Kier molecular flexibility index (Phi) is 2.38. The van der Waals surface area contributed by atoms with E-state index in [0.29, 0.717) is 5.41 Å². The van der Waals surface area contributed by atoms with Gasteiger partial charge in [-0.1, -0.05) is 25.1 Å². The Morgan fingerprint density at radius 2 is 2.18 bits per heavy atom. The standard InChI is InChI=1S/C14H17N3/c1-14(6-7-14)13(17-15)11-5-4-10-3-2-8-16-12(10)9-11/h2-5,8-9,13,17H,6-7,15H2,1H3. The molecule has 1 aromatic heterocycles. The normalized spacial score (nSPS) is 19.2. The van der Waals surface area contributed by atoms with E-state index in [1.807, 2.05) is 12.3 Å². The highest BCUT2D eigenvalue weighted by Crippen LogP contribution is 2.54. The molecular weight excluding hydrogens is 210 g/mol. The zero-order valence-corrected chi connectivity index (χ0v) is 9.98. The molecule has 0 amide bonds. The minimum absolute atomic E-state index is 0.230. The number of nitrogens with zero attached hydrogens (tertiary/aromatic N) is 1. The molecule has 1 unspecified atom stereocenters. The van der Waals surface area contributed by atoms with E-state index in [-0.39, 0.29) is 6.04 Å². The summed E-state index contributed by atoms with van der Waals surface area (Å²) in [7, 11) is 0. The van der Waals surface area contributed by atoms with Crippen molar-refractivity contribution < 1.29 is 0 Å². The van der Waals surface area contributed by atoms with Gasteiger partial charge >= 0.3 is 0 Å². The molecule has 1 aromatic carbocycles. The maximum absolute atomic E-state index is 5.70. The van der Waals surface area contributed by atoms with Gasteiger partial charge in [-0.15, -0.1) is 0 Å². The monoisotopic (exact) mass is 227 g/mol. The molecule has 17 heavy (non-hydrogen) atoms.